The lowest BCUT2D eigenvalue weighted by Crippen LogP contribution is -2.47. The topological polar surface area (TPSA) is 58.4 Å². The van der Waals surface area contributed by atoms with E-state index >= 15 is 0 Å². The lowest BCUT2D eigenvalue weighted by molar-refractivity contribution is 0.173. The Kier molecular flexibility index (Phi) is 2.91. The predicted octanol–water partition coefficient (Wildman–Crippen LogP) is 1.22. The average Bonchev–Trinajstić information content (AvgIpc) is 2.85. The maximum Gasteiger partial charge on any atom is 0.331 e. The second-order valence-electron chi connectivity index (χ2n) is 4.40. The Morgan fingerprint density at radius 1 is 1.21 bits per heavy atom. The van der Waals surface area contributed by atoms with Gasteiger partial charge in [0.2, 0.25) is 0 Å². The van der Waals surface area contributed by atoms with Gasteiger partial charge < -0.3 is 4.90 Å². The number of carbonyl (C=O) groups excluding carboxylic acids is 1. The maximum absolute atomic E-state index is 11.5. The molecular weight excluding hydrogens is 178 g/mol. The van der Waals surface area contributed by atoms with E-state index in [9.17, 15) is 4.79 Å². The molecular formula is C10H19N3O. The van der Waals surface area contributed by atoms with E-state index in [4.69, 9.17) is 5.84 Å². The molecule has 2 amide bonds. The number of likely N-dealkylation sites (tertiary alicyclic amines) is 1. The van der Waals surface area contributed by atoms with Crippen LogP contribution in [0.1, 0.15) is 38.5 Å². The summed E-state index contributed by atoms with van der Waals surface area (Å²) in [7, 11) is 0. The van der Waals surface area contributed by atoms with Crippen LogP contribution in [0.5, 0.6) is 0 Å². The molecule has 1 saturated carbocycles. The first-order chi connectivity index (χ1) is 6.83. The van der Waals surface area contributed by atoms with Gasteiger partial charge in [0.05, 0.1) is 0 Å². The summed E-state index contributed by atoms with van der Waals surface area (Å²) in [5, 5.41) is 0. The van der Waals surface area contributed by atoms with Crippen molar-refractivity contribution in [3.8, 4) is 0 Å². The van der Waals surface area contributed by atoms with E-state index in [2.05, 4.69) is 5.43 Å². The number of urea groups is 1. The third-order valence-corrected chi connectivity index (χ3v) is 3.63. The van der Waals surface area contributed by atoms with Gasteiger partial charge in [-0.25, -0.2) is 10.6 Å². The highest BCUT2D eigenvalue weighted by atomic mass is 16.2. The Bertz CT molecular complexity index is 213. The minimum absolute atomic E-state index is 0.0978. The molecule has 1 atom stereocenters. The Balaban J connectivity index is 1.98. The van der Waals surface area contributed by atoms with Crippen LogP contribution in [0.4, 0.5) is 4.79 Å². The van der Waals surface area contributed by atoms with Crippen LogP contribution in [0.2, 0.25) is 0 Å². The minimum atomic E-state index is -0.0978. The molecule has 2 aliphatic rings. The number of carbonyl (C=O) groups is 1. The molecule has 1 aliphatic carbocycles. The van der Waals surface area contributed by atoms with Crippen LogP contribution in [0, 0.1) is 5.92 Å². The second-order valence-corrected chi connectivity index (χ2v) is 4.40. The predicted molar refractivity (Wildman–Crippen MR) is 54.4 cm³/mol. The van der Waals surface area contributed by atoms with E-state index in [0.717, 1.165) is 25.3 Å². The van der Waals surface area contributed by atoms with Crippen LogP contribution in [0.15, 0.2) is 0 Å². The van der Waals surface area contributed by atoms with Crippen molar-refractivity contribution in [3.63, 3.8) is 0 Å². The minimum Gasteiger partial charge on any atom is -0.320 e. The standard InChI is InChI=1S/C10H19N3O/c11-12-10(14)13-7-3-6-9(13)8-4-1-2-5-8/h8-9H,1-7,11H2,(H,12,14). The number of nitrogens with two attached hydrogens (primary N) is 1. The molecule has 2 fully saturated rings. The van der Waals surface area contributed by atoms with E-state index in [1.165, 1.54) is 25.7 Å². The third-order valence-electron chi connectivity index (χ3n) is 3.63. The fourth-order valence-electron chi connectivity index (χ4n) is 2.96. The molecule has 1 unspecified atom stereocenters. The van der Waals surface area contributed by atoms with Gasteiger partial charge in [0.15, 0.2) is 0 Å². The third kappa shape index (κ3) is 1.71. The highest BCUT2D eigenvalue weighted by Crippen LogP contribution is 2.35. The van der Waals surface area contributed by atoms with Gasteiger partial charge in [-0.3, -0.25) is 5.43 Å². The zero-order chi connectivity index (χ0) is 9.97. The summed E-state index contributed by atoms with van der Waals surface area (Å²) < 4.78 is 0. The largest absolute Gasteiger partial charge is 0.331 e. The fraction of sp³-hybridized carbons (Fsp3) is 0.900. The van der Waals surface area contributed by atoms with Gasteiger partial charge in [0.25, 0.3) is 0 Å². The van der Waals surface area contributed by atoms with Gasteiger partial charge in [-0.2, -0.15) is 0 Å². The van der Waals surface area contributed by atoms with E-state index < -0.39 is 0 Å². The number of nitrogens with one attached hydrogen (secondary N) is 1. The van der Waals surface area contributed by atoms with Crippen LogP contribution in [-0.4, -0.2) is 23.5 Å². The first kappa shape index (κ1) is 9.77. The molecule has 0 aromatic rings. The molecule has 1 heterocycles. The second kappa shape index (κ2) is 4.17. The summed E-state index contributed by atoms with van der Waals surface area (Å²) in [5.41, 5.74) is 2.25. The zero-order valence-corrected chi connectivity index (χ0v) is 8.54. The van der Waals surface area contributed by atoms with E-state index in [1.54, 1.807) is 0 Å². The summed E-state index contributed by atoms with van der Waals surface area (Å²) in [5.74, 6) is 5.90. The summed E-state index contributed by atoms with van der Waals surface area (Å²) in [6.45, 7) is 0.879. The molecule has 1 saturated heterocycles. The molecule has 1 aliphatic heterocycles. The molecule has 0 aromatic carbocycles. The molecule has 4 heteroatoms. The molecule has 0 aromatic heterocycles. The normalized spacial score (nSPS) is 28.4. The van der Waals surface area contributed by atoms with Crippen molar-refractivity contribution in [2.24, 2.45) is 11.8 Å². The number of hydrazine groups is 1. The van der Waals surface area contributed by atoms with Crippen LogP contribution >= 0.6 is 0 Å². The number of amides is 2. The highest BCUT2D eigenvalue weighted by Gasteiger charge is 2.35. The van der Waals surface area contributed by atoms with Crippen LogP contribution in [0.25, 0.3) is 0 Å². The average molecular weight is 197 g/mol. The molecule has 3 N–H and O–H groups in total. The Morgan fingerprint density at radius 2 is 1.93 bits per heavy atom. The van der Waals surface area contributed by atoms with Gasteiger partial charge in [0, 0.05) is 12.6 Å². The first-order valence-electron chi connectivity index (χ1n) is 5.60. The van der Waals surface area contributed by atoms with Gasteiger partial charge in [-0.15, -0.1) is 0 Å². The van der Waals surface area contributed by atoms with Crippen molar-refractivity contribution in [1.82, 2.24) is 10.3 Å². The summed E-state index contributed by atoms with van der Waals surface area (Å²) in [6.07, 6.45) is 7.54. The van der Waals surface area contributed by atoms with Gasteiger partial charge in [-0.05, 0) is 31.6 Å². The number of hydrogen-bond acceptors (Lipinski definition) is 2. The summed E-state index contributed by atoms with van der Waals surface area (Å²) in [4.78, 5) is 13.4. The van der Waals surface area contributed by atoms with Gasteiger partial charge >= 0.3 is 6.03 Å². The van der Waals surface area contributed by atoms with Crippen molar-refractivity contribution in [3.05, 3.63) is 0 Å². The molecule has 14 heavy (non-hydrogen) atoms. The van der Waals surface area contributed by atoms with Crippen molar-refractivity contribution < 1.29 is 4.79 Å². The summed E-state index contributed by atoms with van der Waals surface area (Å²) >= 11 is 0. The lowest BCUT2D eigenvalue weighted by Gasteiger charge is -2.28. The van der Waals surface area contributed by atoms with E-state index in [1.807, 2.05) is 4.90 Å². The number of nitrogens with zero attached hydrogens (tertiary/aromatic N) is 1. The Labute approximate surface area is 84.8 Å². The smallest absolute Gasteiger partial charge is 0.320 e. The van der Waals surface area contributed by atoms with Crippen LogP contribution in [0.3, 0.4) is 0 Å². The zero-order valence-electron chi connectivity index (χ0n) is 8.54. The quantitative estimate of drug-likeness (QED) is 0.377. The first-order valence-corrected chi connectivity index (χ1v) is 5.60. The van der Waals surface area contributed by atoms with Crippen molar-refractivity contribution in [2.75, 3.05) is 6.54 Å². The van der Waals surface area contributed by atoms with Crippen molar-refractivity contribution in [2.45, 2.75) is 44.6 Å². The number of hydrogen-bond donors (Lipinski definition) is 2. The molecule has 0 radical (unpaired) electrons. The monoisotopic (exact) mass is 197 g/mol. The molecule has 80 valence electrons. The van der Waals surface area contributed by atoms with Crippen LogP contribution < -0.4 is 11.3 Å². The molecule has 4 nitrogen and oxygen atoms in total. The van der Waals surface area contributed by atoms with E-state index in [-0.39, 0.29) is 6.03 Å². The molecule has 0 spiro atoms. The van der Waals surface area contributed by atoms with Gasteiger partial charge in [0.1, 0.15) is 0 Å². The summed E-state index contributed by atoms with van der Waals surface area (Å²) in [6, 6.07) is 0.362. The van der Waals surface area contributed by atoms with Gasteiger partial charge in [-0.1, -0.05) is 12.8 Å². The Hall–Kier alpha value is -0.770. The molecule has 2 rings (SSSR count). The SMILES string of the molecule is NNC(=O)N1CCCC1C1CCCC1. The Morgan fingerprint density at radius 3 is 2.57 bits per heavy atom. The van der Waals surface area contributed by atoms with Crippen LogP contribution in [-0.2, 0) is 0 Å². The highest BCUT2D eigenvalue weighted by molar-refractivity contribution is 5.74. The molecule has 0 bridgehead atoms. The van der Waals surface area contributed by atoms with E-state index in [0.29, 0.717) is 6.04 Å². The van der Waals surface area contributed by atoms with Crippen molar-refractivity contribution >= 4 is 6.03 Å². The fourth-order valence-corrected chi connectivity index (χ4v) is 2.96. The van der Waals surface area contributed by atoms with Crippen molar-refractivity contribution in [1.29, 1.82) is 0 Å². The lowest BCUT2D eigenvalue weighted by atomic mass is 9.96. The number of rotatable bonds is 1. The maximum atomic E-state index is 11.5.